The van der Waals surface area contributed by atoms with E-state index in [1.807, 2.05) is 0 Å². The van der Waals surface area contributed by atoms with Crippen LogP contribution < -0.4 is 5.32 Å². The van der Waals surface area contributed by atoms with Gasteiger partial charge in [-0.3, -0.25) is 0 Å². The number of halogens is 1. The van der Waals surface area contributed by atoms with Gasteiger partial charge in [0.1, 0.15) is 0 Å². The molecule has 1 nitrogen and oxygen atoms in total. The van der Waals surface area contributed by atoms with E-state index in [1.165, 1.54) is 28.7 Å². The molecule has 2 aromatic carbocycles. The molecule has 2 heteroatoms. The second-order valence-electron chi connectivity index (χ2n) is 5.43. The van der Waals surface area contributed by atoms with Gasteiger partial charge in [-0.15, -0.1) is 0 Å². The third-order valence-electron chi connectivity index (χ3n) is 3.59. The summed E-state index contributed by atoms with van der Waals surface area (Å²) in [5.41, 5.74) is 4.99. The standard InChI is InChI=1S/C19H24ClN/c1-3-6-15-7-5-8-16(12-15)17-9-10-18(19(20)13-17)14-21-11-4-2/h5,7-10,12-13,21H,3-4,6,11,14H2,1-2H3. The van der Waals surface area contributed by atoms with Crippen LogP contribution in [0.2, 0.25) is 5.02 Å². The summed E-state index contributed by atoms with van der Waals surface area (Å²) in [6.07, 6.45) is 3.44. The quantitative estimate of drug-likeness (QED) is 0.670. The van der Waals surface area contributed by atoms with Crippen molar-refractivity contribution in [3.8, 4) is 11.1 Å². The summed E-state index contributed by atoms with van der Waals surface area (Å²) in [7, 11) is 0. The zero-order valence-electron chi connectivity index (χ0n) is 13.0. The van der Waals surface area contributed by atoms with Crippen molar-refractivity contribution in [2.24, 2.45) is 0 Å². The lowest BCUT2D eigenvalue weighted by molar-refractivity contribution is 0.675. The molecule has 0 amide bonds. The number of aryl methyl sites for hydroxylation is 1. The molecular formula is C19H24ClN. The molecule has 0 unspecified atom stereocenters. The van der Waals surface area contributed by atoms with E-state index in [4.69, 9.17) is 11.6 Å². The Morgan fingerprint density at radius 3 is 2.48 bits per heavy atom. The van der Waals surface area contributed by atoms with Gasteiger partial charge in [0.15, 0.2) is 0 Å². The van der Waals surface area contributed by atoms with Crippen LogP contribution in [0.15, 0.2) is 42.5 Å². The van der Waals surface area contributed by atoms with Crippen LogP contribution in [0, 0.1) is 0 Å². The van der Waals surface area contributed by atoms with Gasteiger partial charge in [0, 0.05) is 11.6 Å². The Bertz CT molecular complexity index is 578. The molecule has 0 aliphatic heterocycles. The van der Waals surface area contributed by atoms with Crippen LogP contribution in [-0.4, -0.2) is 6.54 Å². The van der Waals surface area contributed by atoms with Crippen LogP contribution in [-0.2, 0) is 13.0 Å². The van der Waals surface area contributed by atoms with Gasteiger partial charge in [0.2, 0.25) is 0 Å². The normalized spacial score (nSPS) is 10.8. The number of hydrogen-bond acceptors (Lipinski definition) is 1. The molecule has 0 spiro atoms. The fourth-order valence-electron chi connectivity index (χ4n) is 2.47. The summed E-state index contributed by atoms with van der Waals surface area (Å²) >= 11 is 6.42. The average molecular weight is 302 g/mol. The number of nitrogens with one attached hydrogen (secondary N) is 1. The Kier molecular flexibility index (Phi) is 6.28. The van der Waals surface area contributed by atoms with Gasteiger partial charge in [0.25, 0.3) is 0 Å². The minimum Gasteiger partial charge on any atom is -0.313 e. The van der Waals surface area contributed by atoms with Crippen molar-refractivity contribution in [3.63, 3.8) is 0 Å². The molecule has 0 atom stereocenters. The molecule has 0 aliphatic carbocycles. The zero-order chi connectivity index (χ0) is 15.1. The predicted octanol–water partition coefficient (Wildman–Crippen LogP) is 5.46. The van der Waals surface area contributed by atoms with Crippen molar-refractivity contribution < 1.29 is 0 Å². The van der Waals surface area contributed by atoms with E-state index in [-0.39, 0.29) is 0 Å². The number of rotatable bonds is 7. The topological polar surface area (TPSA) is 12.0 Å². The Balaban J connectivity index is 2.17. The van der Waals surface area contributed by atoms with Crippen molar-refractivity contribution in [1.29, 1.82) is 0 Å². The molecule has 0 heterocycles. The van der Waals surface area contributed by atoms with E-state index in [0.29, 0.717) is 0 Å². The molecule has 0 fully saturated rings. The van der Waals surface area contributed by atoms with E-state index < -0.39 is 0 Å². The third-order valence-corrected chi connectivity index (χ3v) is 3.95. The minimum atomic E-state index is 0.836. The molecule has 2 rings (SSSR count). The minimum absolute atomic E-state index is 0.836. The van der Waals surface area contributed by atoms with Gasteiger partial charge in [0.05, 0.1) is 0 Å². The molecule has 21 heavy (non-hydrogen) atoms. The lowest BCUT2D eigenvalue weighted by Crippen LogP contribution is -2.13. The summed E-state index contributed by atoms with van der Waals surface area (Å²) < 4.78 is 0. The molecule has 2 aromatic rings. The summed E-state index contributed by atoms with van der Waals surface area (Å²) in [5, 5.41) is 4.24. The molecule has 112 valence electrons. The molecule has 0 aromatic heterocycles. The maximum Gasteiger partial charge on any atom is 0.0457 e. The van der Waals surface area contributed by atoms with Gasteiger partial charge in [-0.05, 0) is 47.7 Å². The van der Waals surface area contributed by atoms with Crippen molar-refractivity contribution in [2.75, 3.05) is 6.54 Å². The van der Waals surface area contributed by atoms with Crippen LogP contribution in [0.5, 0.6) is 0 Å². The first-order chi connectivity index (χ1) is 10.2. The largest absolute Gasteiger partial charge is 0.313 e. The van der Waals surface area contributed by atoms with Crippen molar-refractivity contribution in [2.45, 2.75) is 39.7 Å². The van der Waals surface area contributed by atoms with E-state index in [2.05, 4.69) is 61.6 Å². The Hall–Kier alpha value is -1.31. The third kappa shape index (κ3) is 4.59. The first-order valence-corrected chi connectivity index (χ1v) is 8.20. The van der Waals surface area contributed by atoms with Gasteiger partial charge >= 0.3 is 0 Å². The molecule has 0 saturated heterocycles. The average Bonchev–Trinajstić information content (AvgIpc) is 2.50. The van der Waals surface area contributed by atoms with Gasteiger partial charge in [-0.2, -0.15) is 0 Å². The van der Waals surface area contributed by atoms with E-state index in [9.17, 15) is 0 Å². The van der Waals surface area contributed by atoms with Gasteiger partial charge in [-0.25, -0.2) is 0 Å². The van der Waals surface area contributed by atoms with Gasteiger partial charge in [-0.1, -0.05) is 68.3 Å². The molecule has 0 radical (unpaired) electrons. The van der Waals surface area contributed by atoms with Gasteiger partial charge < -0.3 is 5.32 Å². The number of benzene rings is 2. The Labute approximate surface area is 133 Å². The second kappa shape index (κ2) is 8.21. The molecule has 0 saturated carbocycles. The molecular weight excluding hydrogens is 278 g/mol. The summed E-state index contributed by atoms with van der Waals surface area (Å²) in [6, 6.07) is 15.1. The second-order valence-corrected chi connectivity index (χ2v) is 5.84. The van der Waals surface area contributed by atoms with E-state index >= 15 is 0 Å². The van der Waals surface area contributed by atoms with Crippen LogP contribution in [0.4, 0.5) is 0 Å². The predicted molar refractivity (Wildman–Crippen MR) is 92.9 cm³/mol. The fraction of sp³-hybridized carbons (Fsp3) is 0.368. The number of hydrogen-bond donors (Lipinski definition) is 1. The van der Waals surface area contributed by atoms with E-state index in [0.717, 1.165) is 31.0 Å². The molecule has 1 N–H and O–H groups in total. The Morgan fingerprint density at radius 1 is 0.952 bits per heavy atom. The first kappa shape index (κ1) is 16.1. The zero-order valence-corrected chi connectivity index (χ0v) is 13.7. The fourth-order valence-corrected chi connectivity index (χ4v) is 2.71. The van der Waals surface area contributed by atoms with Crippen LogP contribution in [0.3, 0.4) is 0 Å². The van der Waals surface area contributed by atoms with Crippen LogP contribution in [0.25, 0.3) is 11.1 Å². The van der Waals surface area contributed by atoms with Crippen molar-refractivity contribution >= 4 is 11.6 Å². The first-order valence-electron chi connectivity index (χ1n) is 7.83. The maximum atomic E-state index is 6.42. The summed E-state index contributed by atoms with van der Waals surface area (Å²) in [6.45, 7) is 6.24. The van der Waals surface area contributed by atoms with Crippen LogP contribution >= 0.6 is 11.6 Å². The highest BCUT2D eigenvalue weighted by atomic mass is 35.5. The highest BCUT2D eigenvalue weighted by Crippen LogP contribution is 2.26. The maximum absolute atomic E-state index is 6.42. The molecule has 0 aliphatic rings. The summed E-state index contributed by atoms with van der Waals surface area (Å²) in [4.78, 5) is 0. The van der Waals surface area contributed by atoms with E-state index in [1.54, 1.807) is 0 Å². The molecule has 0 bridgehead atoms. The highest BCUT2D eigenvalue weighted by Gasteiger charge is 2.04. The van der Waals surface area contributed by atoms with Crippen molar-refractivity contribution in [1.82, 2.24) is 5.32 Å². The van der Waals surface area contributed by atoms with Crippen LogP contribution in [0.1, 0.15) is 37.8 Å². The SMILES string of the molecule is CCCNCc1ccc(-c2cccc(CCC)c2)cc1Cl. The smallest absolute Gasteiger partial charge is 0.0457 e. The Morgan fingerprint density at radius 2 is 1.76 bits per heavy atom. The lowest BCUT2D eigenvalue weighted by Gasteiger charge is -2.09. The van der Waals surface area contributed by atoms with Crippen molar-refractivity contribution in [3.05, 3.63) is 58.6 Å². The lowest BCUT2D eigenvalue weighted by atomic mass is 10.00. The monoisotopic (exact) mass is 301 g/mol. The summed E-state index contributed by atoms with van der Waals surface area (Å²) in [5.74, 6) is 0. The highest BCUT2D eigenvalue weighted by molar-refractivity contribution is 6.31.